The summed E-state index contributed by atoms with van der Waals surface area (Å²) in [4.78, 5) is 28.3. The number of rotatable bonds is 7. The standard InChI is InChI=1S/C19H23N3O7S3/c1-3-29-18(24)16-12-30-19(20-16)21-17(23)13-8-10-22(11-9-13)32(27,28)15-6-4-14(5-7-15)31(2,25)26/h4-7,12-13H,3,8-11H2,1-2H3,(H,20,21,23). The van der Waals surface area contributed by atoms with Gasteiger partial charge in [0, 0.05) is 30.6 Å². The number of anilines is 1. The molecule has 0 aliphatic carbocycles. The third-order valence-electron chi connectivity index (χ3n) is 4.93. The van der Waals surface area contributed by atoms with E-state index in [1.807, 2.05) is 0 Å². The number of ether oxygens (including phenoxy) is 1. The number of benzene rings is 1. The van der Waals surface area contributed by atoms with E-state index < -0.39 is 31.7 Å². The largest absolute Gasteiger partial charge is 0.461 e. The smallest absolute Gasteiger partial charge is 0.357 e. The minimum absolute atomic E-state index is 0.00193. The van der Waals surface area contributed by atoms with Gasteiger partial charge in [0.1, 0.15) is 0 Å². The molecule has 174 valence electrons. The summed E-state index contributed by atoms with van der Waals surface area (Å²) in [5.41, 5.74) is 0.120. The molecule has 0 atom stereocenters. The Morgan fingerprint density at radius 2 is 1.72 bits per heavy atom. The second-order valence-corrected chi connectivity index (χ2v) is 12.0. The van der Waals surface area contributed by atoms with Gasteiger partial charge >= 0.3 is 5.97 Å². The van der Waals surface area contributed by atoms with Crippen molar-refractivity contribution in [3.05, 3.63) is 35.3 Å². The Morgan fingerprint density at radius 1 is 1.12 bits per heavy atom. The maximum atomic E-state index is 12.9. The molecule has 1 amide bonds. The van der Waals surface area contributed by atoms with E-state index in [4.69, 9.17) is 4.74 Å². The average molecular weight is 502 g/mol. The molecule has 1 aliphatic rings. The lowest BCUT2D eigenvalue weighted by molar-refractivity contribution is -0.120. The third-order valence-corrected chi connectivity index (χ3v) is 8.73. The first-order chi connectivity index (χ1) is 15.0. The summed E-state index contributed by atoms with van der Waals surface area (Å²) in [7, 11) is -7.22. The Hall–Kier alpha value is -2.35. The molecule has 1 aromatic heterocycles. The summed E-state index contributed by atoms with van der Waals surface area (Å²) in [5.74, 6) is -1.25. The number of hydrogen-bond donors (Lipinski definition) is 1. The predicted octanol–water partition coefficient (Wildman–Crippen LogP) is 1.76. The highest BCUT2D eigenvalue weighted by molar-refractivity contribution is 7.90. The van der Waals surface area contributed by atoms with Crippen LogP contribution in [-0.4, -0.2) is 64.0 Å². The molecule has 13 heteroatoms. The Kier molecular flexibility index (Phi) is 7.32. The second-order valence-electron chi connectivity index (χ2n) is 7.17. The number of carbonyl (C=O) groups excluding carboxylic acids is 2. The number of nitrogens with one attached hydrogen (secondary N) is 1. The van der Waals surface area contributed by atoms with Gasteiger partial charge in [-0.05, 0) is 44.0 Å². The van der Waals surface area contributed by atoms with E-state index in [1.54, 1.807) is 6.92 Å². The van der Waals surface area contributed by atoms with Crippen LogP contribution < -0.4 is 5.32 Å². The van der Waals surface area contributed by atoms with Crippen LogP contribution in [0.5, 0.6) is 0 Å². The zero-order valence-corrected chi connectivity index (χ0v) is 19.9. The summed E-state index contributed by atoms with van der Waals surface area (Å²) in [5, 5.41) is 4.45. The number of aromatic nitrogens is 1. The normalized spacial score (nSPS) is 15.9. The van der Waals surface area contributed by atoms with Crippen LogP contribution in [0.25, 0.3) is 0 Å². The maximum absolute atomic E-state index is 12.9. The van der Waals surface area contributed by atoms with Crippen LogP contribution in [0.15, 0.2) is 39.4 Å². The van der Waals surface area contributed by atoms with Crippen molar-refractivity contribution in [1.29, 1.82) is 0 Å². The quantitative estimate of drug-likeness (QED) is 0.566. The Morgan fingerprint density at radius 3 is 2.28 bits per heavy atom. The van der Waals surface area contributed by atoms with Gasteiger partial charge in [0.15, 0.2) is 20.7 Å². The van der Waals surface area contributed by atoms with Gasteiger partial charge < -0.3 is 10.1 Å². The first kappa shape index (κ1) is 24.3. The van der Waals surface area contributed by atoms with E-state index in [2.05, 4.69) is 10.3 Å². The molecular weight excluding hydrogens is 478 g/mol. The molecule has 10 nitrogen and oxygen atoms in total. The summed E-state index contributed by atoms with van der Waals surface area (Å²) in [6.07, 6.45) is 1.70. The average Bonchev–Trinajstić information content (AvgIpc) is 3.22. The molecule has 1 saturated heterocycles. The summed E-state index contributed by atoms with van der Waals surface area (Å²) in [6.45, 7) is 2.21. The molecule has 0 radical (unpaired) electrons. The maximum Gasteiger partial charge on any atom is 0.357 e. The summed E-state index contributed by atoms with van der Waals surface area (Å²) in [6, 6.07) is 5.07. The predicted molar refractivity (Wildman–Crippen MR) is 118 cm³/mol. The lowest BCUT2D eigenvalue weighted by Crippen LogP contribution is -2.41. The van der Waals surface area contributed by atoms with Crippen molar-refractivity contribution in [1.82, 2.24) is 9.29 Å². The number of carbonyl (C=O) groups is 2. The molecule has 0 spiro atoms. The molecule has 1 aromatic carbocycles. The first-order valence-corrected chi connectivity index (χ1v) is 14.0. The fourth-order valence-electron chi connectivity index (χ4n) is 3.20. The van der Waals surface area contributed by atoms with Crippen LogP contribution in [0.2, 0.25) is 0 Å². The van der Waals surface area contributed by atoms with Crippen LogP contribution in [0.4, 0.5) is 5.13 Å². The molecule has 0 unspecified atom stereocenters. The number of thiazole rings is 1. The van der Waals surface area contributed by atoms with Gasteiger partial charge in [-0.1, -0.05) is 0 Å². The zero-order valence-electron chi connectivity index (χ0n) is 17.5. The summed E-state index contributed by atoms with van der Waals surface area (Å²) >= 11 is 1.11. The molecule has 32 heavy (non-hydrogen) atoms. The minimum atomic E-state index is -3.80. The molecular formula is C19H23N3O7S3. The monoisotopic (exact) mass is 501 g/mol. The van der Waals surface area contributed by atoms with Gasteiger partial charge in [0.2, 0.25) is 15.9 Å². The highest BCUT2D eigenvalue weighted by Crippen LogP contribution is 2.26. The van der Waals surface area contributed by atoms with Gasteiger partial charge in [-0.25, -0.2) is 26.6 Å². The van der Waals surface area contributed by atoms with Gasteiger partial charge in [-0.2, -0.15) is 4.31 Å². The lowest BCUT2D eigenvalue weighted by Gasteiger charge is -2.30. The topological polar surface area (TPSA) is 140 Å². The van der Waals surface area contributed by atoms with Crippen LogP contribution in [0.3, 0.4) is 0 Å². The van der Waals surface area contributed by atoms with Crippen LogP contribution in [0, 0.1) is 5.92 Å². The van der Waals surface area contributed by atoms with Crippen molar-refractivity contribution >= 4 is 48.2 Å². The van der Waals surface area contributed by atoms with Crippen molar-refractivity contribution in [3.8, 4) is 0 Å². The highest BCUT2D eigenvalue weighted by atomic mass is 32.2. The van der Waals surface area contributed by atoms with Crippen molar-refractivity contribution in [2.45, 2.75) is 29.6 Å². The van der Waals surface area contributed by atoms with Crippen molar-refractivity contribution in [2.24, 2.45) is 5.92 Å². The molecule has 1 fully saturated rings. The molecule has 0 bridgehead atoms. The van der Waals surface area contributed by atoms with Crippen molar-refractivity contribution in [3.63, 3.8) is 0 Å². The molecule has 2 aromatic rings. The number of nitrogens with zero attached hydrogens (tertiary/aromatic N) is 2. The molecule has 0 saturated carbocycles. The molecule has 1 aliphatic heterocycles. The number of esters is 1. The number of hydrogen-bond acceptors (Lipinski definition) is 9. The Balaban J connectivity index is 1.59. The number of piperidine rings is 1. The Bertz CT molecular complexity index is 1200. The van der Waals surface area contributed by atoms with Crippen molar-refractivity contribution < 1.29 is 31.2 Å². The van der Waals surface area contributed by atoms with E-state index in [0.717, 1.165) is 17.6 Å². The molecule has 3 rings (SSSR count). The third kappa shape index (κ3) is 5.52. The molecule has 1 N–H and O–H groups in total. The van der Waals surface area contributed by atoms with Crippen LogP contribution in [0.1, 0.15) is 30.3 Å². The second kappa shape index (κ2) is 9.65. The van der Waals surface area contributed by atoms with E-state index in [1.165, 1.54) is 34.0 Å². The first-order valence-electron chi connectivity index (χ1n) is 9.76. The highest BCUT2D eigenvalue weighted by Gasteiger charge is 2.32. The SMILES string of the molecule is CCOC(=O)c1csc(NC(=O)C2CCN(S(=O)(=O)c3ccc(S(C)(=O)=O)cc3)CC2)n1. The van der Waals surface area contributed by atoms with Gasteiger partial charge in [-0.15, -0.1) is 11.3 Å². The van der Waals surface area contributed by atoms with E-state index in [-0.39, 0.29) is 46.2 Å². The lowest BCUT2D eigenvalue weighted by atomic mass is 9.97. The van der Waals surface area contributed by atoms with Crippen LogP contribution >= 0.6 is 11.3 Å². The summed E-state index contributed by atoms with van der Waals surface area (Å²) < 4.78 is 55.0. The van der Waals surface area contributed by atoms with Gasteiger partial charge in [-0.3, -0.25) is 4.79 Å². The number of amides is 1. The molecule has 2 heterocycles. The number of sulfonamides is 1. The van der Waals surface area contributed by atoms with Crippen LogP contribution in [-0.2, 0) is 29.4 Å². The van der Waals surface area contributed by atoms with E-state index in [9.17, 15) is 26.4 Å². The van der Waals surface area contributed by atoms with E-state index in [0.29, 0.717) is 12.8 Å². The van der Waals surface area contributed by atoms with E-state index >= 15 is 0 Å². The van der Waals surface area contributed by atoms with Gasteiger partial charge in [0.05, 0.1) is 16.4 Å². The zero-order chi connectivity index (χ0) is 23.5. The van der Waals surface area contributed by atoms with Crippen molar-refractivity contribution in [2.75, 3.05) is 31.3 Å². The number of sulfone groups is 1. The van der Waals surface area contributed by atoms with Gasteiger partial charge in [0.25, 0.3) is 0 Å². The fourth-order valence-corrected chi connectivity index (χ4v) is 5.99. The minimum Gasteiger partial charge on any atom is -0.461 e. The Labute approximate surface area is 190 Å². The fraction of sp³-hybridized carbons (Fsp3) is 0.421.